The summed E-state index contributed by atoms with van der Waals surface area (Å²) in [6.45, 7) is 9.97. The van der Waals surface area contributed by atoms with Crippen molar-refractivity contribution in [3.63, 3.8) is 0 Å². The van der Waals surface area contributed by atoms with Crippen molar-refractivity contribution in [3.8, 4) is 6.01 Å². The Labute approximate surface area is 119 Å². The molecule has 19 heavy (non-hydrogen) atoms. The molecule has 108 valence electrons. The molecule has 0 fully saturated rings. The highest BCUT2D eigenvalue weighted by atomic mass is 32.2. The van der Waals surface area contributed by atoms with Crippen LogP contribution in [-0.4, -0.2) is 58.9 Å². The average Bonchev–Trinajstić information content (AvgIpc) is 2.43. The highest BCUT2D eigenvalue weighted by Gasteiger charge is 2.07. The Bertz CT molecular complexity index is 373. The number of anilines is 1. The fourth-order valence-electron chi connectivity index (χ4n) is 1.51. The molecule has 1 heterocycles. The normalized spacial score (nSPS) is 10.8. The molecule has 1 rings (SSSR count). The molecule has 7 heteroatoms. The number of nitrogens with one attached hydrogen (secondary N) is 1. The van der Waals surface area contributed by atoms with Gasteiger partial charge in [0.05, 0.1) is 6.61 Å². The predicted octanol–water partition coefficient (Wildman–Crippen LogP) is 1.75. The van der Waals surface area contributed by atoms with Crippen molar-refractivity contribution in [2.75, 3.05) is 44.4 Å². The Morgan fingerprint density at radius 1 is 1.16 bits per heavy atom. The SMILES string of the molecule is CCOc1nc(NC)nc(SCCN(CC)CC)n1. The van der Waals surface area contributed by atoms with Crippen LogP contribution in [0.4, 0.5) is 5.95 Å². The monoisotopic (exact) mass is 285 g/mol. The van der Waals surface area contributed by atoms with Crippen LogP contribution >= 0.6 is 11.8 Å². The van der Waals surface area contributed by atoms with Crippen LogP contribution in [0.25, 0.3) is 0 Å². The lowest BCUT2D eigenvalue weighted by molar-refractivity contribution is 0.308. The molecule has 0 amide bonds. The van der Waals surface area contributed by atoms with Gasteiger partial charge in [-0.15, -0.1) is 0 Å². The minimum Gasteiger partial charge on any atom is -0.464 e. The van der Waals surface area contributed by atoms with Crippen molar-refractivity contribution in [3.05, 3.63) is 0 Å². The van der Waals surface area contributed by atoms with Gasteiger partial charge in [-0.3, -0.25) is 0 Å². The van der Waals surface area contributed by atoms with E-state index in [9.17, 15) is 0 Å². The van der Waals surface area contributed by atoms with Crippen molar-refractivity contribution in [1.82, 2.24) is 19.9 Å². The van der Waals surface area contributed by atoms with E-state index in [1.54, 1.807) is 18.8 Å². The maximum Gasteiger partial charge on any atom is 0.322 e. The summed E-state index contributed by atoms with van der Waals surface area (Å²) in [7, 11) is 1.79. The molecule has 0 atom stereocenters. The number of hydrogen-bond acceptors (Lipinski definition) is 7. The summed E-state index contributed by atoms with van der Waals surface area (Å²) in [5.74, 6) is 1.50. The van der Waals surface area contributed by atoms with E-state index in [4.69, 9.17) is 4.74 Å². The van der Waals surface area contributed by atoms with Crippen LogP contribution in [0.3, 0.4) is 0 Å². The van der Waals surface area contributed by atoms with Gasteiger partial charge in [-0.25, -0.2) is 0 Å². The lowest BCUT2D eigenvalue weighted by Gasteiger charge is -2.16. The van der Waals surface area contributed by atoms with Gasteiger partial charge < -0.3 is 15.0 Å². The number of ether oxygens (including phenoxy) is 1. The van der Waals surface area contributed by atoms with E-state index < -0.39 is 0 Å². The molecule has 0 saturated heterocycles. The first-order chi connectivity index (χ1) is 9.23. The Kier molecular flexibility index (Phi) is 7.50. The summed E-state index contributed by atoms with van der Waals surface area (Å²) in [5.41, 5.74) is 0. The van der Waals surface area contributed by atoms with Gasteiger partial charge in [0.15, 0.2) is 5.16 Å². The van der Waals surface area contributed by atoms with E-state index in [2.05, 4.69) is 39.0 Å². The summed E-state index contributed by atoms with van der Waals surface area (Å²) >= 11 is 1.63. The standard InChI is InChI=1S/C12H23N5OS/c1-5-17(6-2)8-9-19-12-15-10(13-4)14-11(16-12)18-7-3/h5-9H2,1-4H3,(H,13,14,15,16). The van der Waals surface area contributed by atoms with Gasteiger partial charge in [-0.05, 0) is 20.0 Å². The van der Waals surface area contributed by atoms with Crippen molar-refractivity contribution >= 4 is 17.7 Å². The summed E-state index contributed by atoms with van der Waals surface area (Å²) in [5, 5.41) is 3.63. The minimum absolute atomic E-state index is 0.382. The smallest absolute Gasteiger partial charge is 0.322 e. The van der Waals surface area contributed by atoms with Crippen LogP contribution in [0.5, 0.6) is 6.01 Å². The van der Waals surface area contributed by atoms with Crippen molar-refractivity contribution in [2.24, 2.45) is 0 Å². The molecule has 0 bridgehead atoms. The van der Waals surface area contributed by atoms with E-state index in [0.29, 0.717) is 23.7 Å². The predicted molar refractivity (Wildman–Crippen MR) is 79.1 cm³/mol. The molecule has 0 aliphatic carbocycles. The first-order valence-corrected chi connectivity index (χ1v) is 7.63. The fraction of sp³-hybridized carbons (Fsp3) is 0.750. The van der Waals surface area contributed by atoms with Crippen molar-refractivity contribution in [2.45, 2.75) is 25.9 Å². The Morgan fingerprint density at radius 3 is 2.47 bits per heavy atom. The second-order valence-corrected chi connectivity index (χ2v) is 4.84. The van der Waals surface area contributed by atoms with Gasteiger partial charge in [0.1, 0.15) is 0 Å². The molecular weight excluding hydrogens is 262 g/mol. The zero-order chi connectivity index (χ0) is 14.1. The van der Waals surface area contributed by atoms with Gasteiger partial charge in [0.25, 0.3) is 0 Å². The van der Waals surface area contributed by atoms with Crippen LogP contribution in [0.15, 0.2) is 5.16 Å². The van der Waals surface area contributed by atoms with E-state index in [0.717, 1.165) is 25.4 Å². The summed E-state index contributed by atoms with van der Waals surface area (Å²) in [4.78, 5) is 15.1. The van der Waals surface area contributed by atoms with E-state index in [-0.39, 0.29) is 0 Å². The first kappa shape index (κ1) is 16.0. The van der Waals surface area contributed by atoms with Gasteiger partial charge in [0, 0.05) is 19.3 Å². The lowest BCUT2D eigenvalue weighted by atomic mass is 10.5. The van der Waals surface area contributed by atoms with Gasteiger partial charge in [-0.1, -0.05) is 25.6 Å². The van der Waals surface area contributed by atoms with E-state index in [1.807, 2.05) is 6.92 Å². The van der Waals surface area contributed by atoms with Crippen molar-refractivity contribution in [1.29, 1.82) is 0 Å². The molecule has 0 saturated carbocycles. The molecule has 0 unspecified atom stereocenters. The molecule has 0 aromatic carbocycles. The molecular formula is C12H23N5OS. The summed E-state index contributed by atoms with van der Waals surface area (Å²) in [6.07, 6.45) is 0. The first-order valence-electron chi connectivity index (χ1n) is 6.65. The third-order valence-electron chi connectivity index (χ3n) is 2.62. The number of rotatable bonds is 9. The summed E-state index contributed by atoms with van der Waals surface area (Å²) in [6, 6.07) is 0.382. The number of hydrogen-bond donors (Lipinski definition) is 1. The molecule has 0 aliphatic rings. The lowest BCUT2D eigenvalue weighted by Crippen LogP contribution is -2.25. The summed E-state index contributed by atoms with van der Waals surface area (Å²) < 4.78 is 5.33. The third kappa shape index (κ3) is 5.61. The number of thioether (sulfide) groups is 1. The van der Waals surface area contributed by atoms with Gasteiger partial charge in [0.2, 0.25) is 5.95 Å². The Hall–Kier alpha value is -1.08. The molecule has 0 radical (unpaired) electrons. The van der Waals surface area contributed by atoms with Crippen LogP contribution in [0.1, 0.15) is 20.8 Å². The van der Waals surface area contributed by atoms with Crippen LogP contribution in [0.2, 0.25) is 0 Å². The molecule has 0 aliphatic heterocycles. The highest BCUT2D eigenvalue weighted by molar-refractivity contribution is 7.99. The van der Waals surface area contributed by atoms with E-state index >= 15 is 0 Å². The molecule has 1 N–H and O–H groups in total. The topological polar surface area (TPSA) is 63.2 Å². The Balaban J connectivity index is 2.58. The van der Waals surface area contributed by atoms with E-state index in [1.165, 1.54) is 0 Å². The van der Waals surface area contributed by atoms with Crippen molar-refractivity contribution < 1.29 is 4.74 Å². The maximum absolute atomic E-state index is 5.33. The minimum atomic E-state index is 0.382. The molecule has 1 aromatic rings. The third-order valence-corrected chi connectivity index (χ3v) is 3.45. The molecule has 0 spiro atoms. The second kappa shape index (κ2) is 8.92. The maximum atomic E-state index is 5.33. The largest absolute Gasteiger partial charge is 0.464 e. The zero-order valence-electron chi connectivity index (χ0n) is 12.1. The quantitative estimate of drug-likeness (QED) is 0.693. The Morgan fingerprint density at radius 2 is 1.89 bits per heavy atom. The second-order valence-electron chi connectivity index (χ2n) is 3.78. The average molecular weight is 285 g/mol. The number of nitrogens with zero attached hydrogens (tertiary/aromatic N) is 4. The van der Waals surface area contributed by atoms with Gasteiger partial charge in [-0.2, -0.15) is 15.0 Å². The van der Waals surface area contributed by atoms with Crippen LogP contribution in [-0.2, 0) is 0 Å². The van der Waals surface area contributed by atoms with Gasteiger partial charge >= 0.3 is 6.01 Å². The van der Waals surface area contributed by atoms with Crippen LogP contribution in [0, 0.1) is 0 Å². The number of aromatic nitrogens is 3. The molecule has 1 aromatic heterocycles. The van der Waals surface area contributed by atoms with Crippen LogP contribution < -0.4 is 10.1 Å². The zero-order valence-corrected chi connectivity index (χ0v) is 13.0. The fourth-order valence-corrected chi connectivity index (χ4v) is 2.34. The molecule has 6 nitrogen and oxygen atoms in total. The highest BCUT2D eigenvalue weighted by Crippen LogP contribution is 2.17.